The number of aromatic nitrogens is 2. The van der Waals surface area contributed by atoms with E-state index in [0.717, 1.165) is 5.69 Å². The van der Waals surface area contributed by atoms with Gasteiger partial charge in [-0.05, 0) is 12.1 Å². The number of rotatable bonds is 1. The summed E-state index contributed by atoms with van der Waals surface area (Å²) in [6.45, 7) is 0. The van der Waals surface area contributed by atoms with Gasteiger partial charge < -0.3 is 0 Å². The predicted octanol–water partition coefficient (Wildman–Crippen LogP) is 0.417. The Morgan fingerprint density at radius 2 is 1.88 bits per heavy atom. The van der Waals surface area contributed by atoms with Crippen LogP contribution in [0, 0.1) is 0 Å². The number of hydrogen-bond acceptors (Lipinski definition) is 3. The van der Waals surface area contributed by atoms with Gasteiger partial charge in [-0.15, -0.1) is 0 Å². The zero-order chi connectivity index (χ0) is 10.8. The Kier molecular flexibility index (Phi) is 2.00. The molecule has 0 unspecified atom stereocenters. The van der Waals surface area contributed by atoms with Gasteiger partial charge >= 0.3 is 0 Å². The Hall–Kier alpha value is -2.43. The molecule has 76 valence electrons. The lowest BCUT2D eigenvalue weighted by Crippen LogP contribution is -2.25. The summed E-state index contributed by atoms with van der Waals surface area (Å²) in [4.78, 5) is 20.5. The van der Waals surface area contributed by atoms with Gasteiger partial charge in [0.1, 0.15) is 11.7 Å². The molecule has 5 nitrogen and oxygen atoms in total. The summed E-state index contributed by atoms with van der Waals surface area (Å²) in [7, 11) is 0. The fourth-order valence-electron chi connectivity index (χ4n) is 1.38. The van der Waals surface area contributed by atoms with Crippen LogP contribution in [-0.2, 0) is 0 Å². The SMILES string of the molecule is c1ccc(N=C2N=c3cncnc3=N2)cc1. The van der Waals surface area contributed by atoms with Gasteiger partial charge in [-0.25, -0.2) is 20.0 Å². The number of guanidine groups is 1. The van der Waals surface area contributed by atoms with Crippen molar-refractivity contribution in [1.29, 1.82) is 0 Å². The molecule has 1 aliphatic rings. The largest absolute Gasteiger partial charge is 0.252 e. The first-order valence-corrected chi connectivity index (χ1v) is 4.79. The zero-order valence-electron chi connectivity index (χ0n) is 8.28. The van der Waals surface area contributed by atoms with E-state index in [4.69, 9.17) is 0 Å². The molecule has 2 aromatic rings. The highest BCUT2D eigenvalue weighted by Crippen LogP contribution is 2.10. The lowest BCUT2D eigenvalue weighted by atomic mass is 10.3. The molecule has 1 aliphatic heterocycles. The normalized spacial score (nSPS) is 15.4. The van der Waals surface area contributed by atoms with Crippen molar-refractivity contribution >= 4 is 11.6 Å². The van der Waals surface area contributed by atoms with Gasteiger partial charge in [0.2, 0.25) is 0 Å². The van der Waals surface area contributed by atoms with E-state index in [9.17, 15) is 0 Å². The molecular weight excluding hydrogens is 202 g/mol. The highest BCUT2D eigenvalue weighted by Gasteiger charge is 2.03. The van der Waals surface area contributed by atoms with Gasteiger partial charge in [-0.3, -0.25) is 0 Å². The Morgan fingerprint density at radius 1 is 1.00 bits per heavy atom. The summed E-state index contributed by atoms with van der Waals surface area (Å²) in [5.41, 5.74) is 1.40. The lowest BCUT2D eigenvalue weighted by molar-refractivity contribution is 1.05. The maximum atomic E-state index is 4.29. The number of benzene rings is 1. The van der Waals surface area contributed by atoms with E-state index in [-0.39, 0.29) is 0 Å². The standard InChI is InChI=1S/C11H7N5/c1-2-4-8(5-3-1)14-11-15-9-6-12-7-13-10(9)16-11/h1-7H. The molecule has 0 saturated heterocycles. The van der Waals surface area contributed by atoms with E-state index >= 15 is 0 Å². The van der Waals surface area contributed by atoms with E-state index in [1.54, 1.807) is 6.20 Å². The average molecular weight is 209 g/mol. The van der Waals surface area contributed by atoms with Crippen molar-refractivity contribution in [2.24, 2.45) is 15.0 Å². The third-order valence-electron chi connectivity index (χ3n) is 2.08. The van der Waals surface area contributed by atoms with Crippen LogP contribution in [0.1, 0.15) is 0 Å². The maximum absolute atomic E-state index is 4.29. The second-order valence-corrected chi connectivity index (χ2v) is 3.20. The minimum absolute atomic E-state index is 0.418. The predicted molar refractivity (Wildman–Crippen MR) is 57.9 cm³/mol. The molecule has 0 fully saturated rings. The second kappa shape index (κ2) is 3.62. The zero-order valence-corrected chi connectivity index (χ0v) is 8.28. The first-order valence-electron chi connectivity index (χ1n) is 4.79. The molecule has 0 aliphatic carbocycles. The summed E-state index contributed by atoms with van der Waals surface area (Å²) in [5, 5.41) is 0.664. The van der Waals surface area contributed by atoms with Crippen LogP contribution >= 0.6 is 0 Å². The Labute approximate surface area is 91.0 Å². The van der Waals surface area contributed by atoms with E-state index in [0.29, 0.717) is 16.8 Å². The minimum Gasteiger partial charge on any atom is -0.242 e. The van der Waals surface area contributed by atoms with Crippen LogP contribution in [0.4, 0.5) is 5.69 Å². The van der Waals surface area contributed by atoms with E-state index in [1.165, 1.54) is 6.33 Å². The molecule has 1 aromatic heterocycles. The summed E-state index contributed by atoms with van der Waals surface area (Å²) < 4.78 is 0. The molecule has 0 atom stereocenters. The molecule has 5 heteroatoms. The number of aliphatic imine (C=N–C) groups is 1. The molecule has 2 heterocycles. The molecular formula is C11H7N5. The van der Waals surface area contributed by atoms with Crippen molar-refractivity contribution in [1.82, 2.24) is 9.97 Å². The van der Waals surface area contributed by atoms with E-state index in [2.05, 4.69) is 24.9 Å². The number of para-hydroxylation sites is 1. The van der Waals surface area contributed by atoms with Crippen molar-refractivity contribution in [3.63, 3.8) is 0 Å². The molecule has 1 aromatic carbocycles. The number of nitrogens with zero attached hydrogens (tertiary/aromatic N) is 5. The van der Waals surface area contributed by atoms with Crippen LogP contribution in [0.2, 0.25) is 0 Å². The Bertz CT molecular complexity index is 623. The van der Waals surface area contributed by atoms with Crippen molar-refractivity contribution in [2.75, 3.05) is 0 Å². The van der Waals surface area contributed by atoms with Crippen LogP contribution in [0.25, 0.3) is 0 Å². The quantitative estimate of drug-likeness (QED) is 0.683. The van der Waals surface area contributed by atoms with Crippen molar-refractivity contribution < 1.29 is 0 Å². The summed E-state index contributed by atoms with van der Waals surface area (Å²) in [6.07, 6.45) is 3.07. The lowest BCUT2D eigenvalue weighted by Gasteiger charge is -1.90. The van der Waals surface area contributed by atoms with Gasteiger partial charge in [0.15, 0.2) is 5.49 Å². The molecule has 0 amide bonds. The van der Waals surface area contributed by atoms with Gasteiger partial charge in [0.25, 0.3) is 5.96 Å². The molecule has 0 N–H and O–H groups in total. The Morgan fingerprint density at radius 3 is 2.69 bits per heavy atom. The Balaban J connectivity index is 2.08. The number of fused-ring (bicyclic) bond motifs is 1. The van der Waals surface area contributed by atoms with Crippen LogP contribution in [0.3, 0.4) is 0 Å². The molecule has 0 bridgehead atoms. The molecule has 0 saturated carbocycles. The summed E-state index contributed by atoms with van der Waals surface area (Å²) in [5.74, 6) is 0.418. The summed E-state index contributed by atoms with van der Waals surface area (Å²) in [6, 6.07) is 9.56. The molecule has 16 heavy (non-hydrogen) atoms. The topological polar surface area (TPSA) is 62.9 Å². The van der Waals surface area contributed by atoms with Crippen molar-refractivity contribution in [3.05, 3.63) is 53.7 Å². The number of hydrogen-bond donors (Lipinski definition) is 0. The van der Waals surface area contributed by atoms with Gasteiger partial charge in [0.05, 0.1) is 11.9 Å². The fraction of sp³-hybridized carbons (Fsp3) is 0. The highest BCUT2D eigenvalue weighted by atomic mass is 15.1. The first-order chi connectivity index (χ1) is 7.92. The minimum atomic E-state index is 0.418. The van der Waals surface area contributed by atoms with Crippen molar-refractivity contribution in [2.45, 2.75) is 0 Å². The van der Waals surface area contributed by atoms with E-state index in [1.807, 2.05) is 30.3 Å². The smallest absolute Gasteiger partial charge is 0.242 e. The third kappa shape index (κ3) is 1.58. The van der Waals surface area contributed by atoms with Crippen LogP contribution < -0.4 is 10.8 Å². The first kappa shape index (κ1) is 8.84. The second-order valence-electron chi connectivity index (χ2n) is 3.20. The van der Waals surface area contributed by atoms with Crippen LogP contribution in [0.5, 0.6) is 0 Å². The van der Waals surface area contributed by atoms with Gasteiger partial charge in [0, 0.05) is 0 Å². The van der Waals surface area contributed by atoms with Crippen LogP contribution in [-0.4, -0.2) is 15.9 Å². The highest BCUT2D eigenvalue weighted by molar-refractivity contribution is 5.85. The summed E-state index contributed by atoms with van der Waals surface area (Å²) >= 11 is 0. The van der Waals surface area contributed by atoms with Crippen LogP contribution in [0.15, 0.2) is 57.8 Å². The monoisotopic (exact) mass is 209 g/mol. The van der Waals surface area contributed by atoms with E-state index < -0.39 is 0 Å². The van der Waals surface area contributed by atoms with Gasteiger partial charge in [-0.2, -0.15) is 4.99 Å². The molecule has 0 radical (unpaired) electrons. The fourth-order valence-corrected chi connectivity index (χ4v) is 1.38. The van der Waals surface area contributed by atoms with Gasteiger partial charge in [-0.1, -0.05) is 18.2 Å². The average Bonchev–Trinajstić information content (AvgIpc) is 2.72. The molecule has 3 rings (SSSR count). The van der Waals surface area contributed by atoms with Crippen molar-refractivity contribution in [3.8, 4) is 0 Å². The maximum Gasteiger partial charge on any atom is 0.252 e. The third-order valence-corrected chi connectivity index (χ3v) is 2.08. The molecule has 0 spiro atoms.